The molecule has 0 saturated heterocycles. The van der Waals surface area contributed by atoms with Crippen LogP contribution in [0.1, 0.15) is 25.7 Å². The van der Waals surface area contributed by atoms with Gasteiger partial charge in [-0.25, -0.2) is 0 Å². The molecule has 0 bridgehead atoms. The van der Waals surface area contributed by atoms with E-state index in [0.29, 0.717) is 48.5 Å². The molecular formula is C8H12N4. The second-order valence-corrected chi connectivity index (χ2v) is 3.12. The summed E-state index contributed by atoms with van der Waals surface area (Å²) in [6, 6.07) is 0. The average Bonchev–Trinajstić information content (AvgIpc) is 1.81. The van der Waals surface area contributed by atoms with Gasteiger partial charge in [0.15, 0.2) is 0 Å². The molecule has 0 amide bonds. The van der Waals surface area contributed by atoms with Crippen molar-refractivity contribution < 1.29 is 0 Å². The van der Waals surface area contributed by atoms with E-state index in [0.717, 1.165) is 0 Å². The first-order chi connectivity index (χ1) is 5.58. The quantitative estimate of drug-likeness (QED) is 0.419. The molecule has 1 saturated carbocycles. The highest BCUT2D eigenvalue weighted by atomic mass is 14.5. The third-order valence-corrected chi connectivity index (χ3v) is 1.71. The molecule has 0 aromatic carbocycles. The summed E-state index contributed by atoms with van der Waals surface area (Å²) in [5.41, 5.74) is 1.71. The maximum atomic E-state index is 7.40. The van der Waals surface area contributed by atoms with Crippen LogP contribution in [0.2, 0.25) is 0 Å². The van der Waals surface area contributed by atoms with Gasteiger partial charge in [-0.05, 0) is 0 Å². The molecule has 0 spiro atoms. The lowest BCUT2D eigenvalue weighted by Gasteiger charge is -2.12. The predicted octanol–water partition coefficient (Wildman–Crippen LogP) is 1.64. The molecule has 1 aliphatic rings. The Morgan fingerprint density at radius 1 is 0.500 bits per heavy atom. The molecule has 0 radical (unpaired) electrons. The van der Waals surface area contributed by atoms with Crippen molar-refractivity contribution in [3.05, 3.63) is 0 Å². The summed E-state index contributed by atoms with van der Waals surface area (Å²) in [5.74, 6) is 0. The minimum Gasteiger partial charge on any atom is -0.309 e. The van der Waals surface area contributed by atoms with Crippen molar-refractivity contribution in [3.63, 3.8) is 0 Å². The van der Waals surface area contributed by atoms with Crippen LogP contribution < -0.4 is 0 Å². The van der Waals surface area contributed by atoms with Gasteiger partial charge in [-0.2, -0.15) is 0 Å². The van der Waals surface area contributed by atoms with Crippen LogP contribution in [-0.2, 0) is 0 Å². The lowest BCUT2D eigenvalue weighted by molar-refractivity contribution is 1.17. The van der Waals surface area contributed by atoms with Crippen LogP contribution in [0.3, 0.4) is 0 Å². The summed E-state index contributed by atoms with van der Waals surface area (Å²) in [4.78, 5) is 0. The first kappa shape index (κ1) is 8.77. The van der Waals surface area contributed by atoms with Crippen molar-refractivity contribution in [3.8, 4) is 0 Å². The Balaban J connectivity index is 2.69. The molecule has 0 unspecified atom stereocenters. The normalized spacial score (nSPS) is 20.7. The van der Waals surface area contributed by atoms with Gasteiger partial charge in [-0.3, -0.25) is 0 Å². The second kappa shape index (κ2) is 3.38. The lowest BCUT2D eigenvalue weighted by atomic mass is 9.95. The maximum Gasteiger partial charge on any atom is 0.0237 e. The number of nitrogens with one attached hydrogen (secondary N) is 4. The van der Waals surface area contributed by atoms with Gasteiger partial charge in [0.2, 0.25) is 0 Å². The van der Waals surface area contributed by atoms with Crippen LogP contribution in [0.25, 0.3) is 0 Å². The van der Waals surface area contributed by atoms with Crippen molar-refractivity contribution in [1.82, 2.24) is 0 Å². The van der Waals surface area contributed by atoms with E-state index in [9.17, 15) is 0 Å². The van der Waals surface area contributed by atoms with E-state index in [1.807, 2.05) is 0 Å². The second-order valence-electron chi connectivity index (χ2n) is 3.12. The van der Waals surface area contributed by atoms with Crippen molar-refractivity contribution >= 4 is 22.8 Å². The fourth-order valence-electron chi connectivity index (χ4n) is 1.28. The zero-order valence-electron chi connectivity index (χ0n) is 6.83. The summed E-state index contributed by atoms with van der Waals surface area (Å²) in [5, 5.41) is 29.6. The fraction of sp³-hybridized carbons (Fsp3) is 0.500. The molecule has 1 aliphatic carbocycles. The van der Waals surface area contributed by atoms with Crippen LogP contribution in [0.4, 0.5) is 0 Å². The first-order valence-electron chi connectivity index (χ1n) is 3.83. The molecule has 1 rings (SSSR count). The monoisotopic (exact) mass is 164 g/mol. The Labute approximate surface area is 71.0 Å². The lowest BCUT2D eigenvalue weighted by Crippen LogP contribution is -2.20. The molecule has 0 heterocycles. The minimum absolute atomic E-state index is 0.338. The Morgan fingerprint density at radius 2 is 0.667 bits per heavy atom. The van der Waals surface area contributed by atoms with Crippen molar-refractivity contribution in [2.45, 2.75) is 25.7 Å². The van der Waals surface area contributed by atoms with Gasteiger partial charge in [0.25, 0.3) is 0 Å². The molecule has 0 aromatic rings. The van der Waals surface area contributed by atoms with Crippen molar-refractivity contribution in [2.75, 3.05) is 0 Å². The third-order valence-electron chi connectivity index (χ3n) is 1.71. The van der Waals surface area contributed by atoms with Crippen LogP contribution in [0, 0.1) is 21.6 Å². The zero-order valence-corrected chi connectivity index (χ0v) is 6.83. The Hall–Kier alpha value is -1.32. The van der Waals surface area contributed by atoms with E-state index in [4.69, 9.17) is 21.6 Å². The van der Waals surface area contributed by atoms with E-state index < -0.39 is 0 Å². The topological polar surface area (TPSA) is 95.4 Å². The highest BCUT2D eigenvalue weighted by molar-refractivity contribution is 6.21. The highest BCUT2D eigenvalue weighted by Crippen LogP contribution is 2.07. The molecule has 4 N–H and O–H groups in total. The van der Waals surface area contributed by atoms with Gasteiger partial charge < -0.3 is 21.6 Å². The summed E-state index contributed by atoms with van der Waals surface area (Å²) >= 11 is 0. The summed E-state index contributed by atoms with van der Waals surface area (Å²) in [6.45, 7) is 0. The van der Waals surface area contributed by atoms with E-state index in [2.05, 4.69) is 0 Å². The standard InChI is InChI=1S/C8H12N4/c9-5-1-6(10)3-8(12)4-7(11)2-5/h9-12H,1-4H2. The van der Waals surface area contributed by atoms with Crippen LogP contribution in [0.15, 0.2) is 0 Å². The van der Waals surface area contributed by atoms with Gasteiger partial charge in [0, 0.05) is 48.5 Å². The molecule has 4 nitrogen and oxygen atoms in total. The largest absolute Gasteiger partial charge is 0.309 e. The van der Waals surface area contributed by atoms with E-state index in [1.165, 1.54) is 0 Å². The first-order valence-corrected chi connectivity index (χ1v) is 3.83. The van der Waals surface area contributed by atoms with Gasteiger partial charge in [0.1, 0.15) is 0 Å². The third kappa shape index (κ3) is 2.38. The fourth-order valence-corrected chi connectivity index (χ4v) is 1.28. The number of rotatable bonds is 0. The maximum absolute atomic E-state index is 7.40. The van der Waals surface area contributed by atoms with Gasteiger partial charge in [0.05, 0.1) is 0 Å². The van der Waals surface area contributed by atoms with E-state index in [1.54, 1.807) is 0 Å². The molecular weight excluding hydrogens is 152 g/mol. The van der Waals surface area contributed by atoms with Gasteiger partial charge in [-0.15, -0.1) is 0 Å². The summed E-state index contributed by atoms with van der Waals surface area (Å²) in [7, 11) is 0. The molecule has 4 heteroatoms. The SMILES string of the molecule is N=C1CC(=N)CC(=N)CC(=N)C1. The number of hydrogen-bond acceptors (Lipinski definition) is 4. The van der Waals surface area contributed by atoms with Crippen molar-refractivity contribution in [1.29, 1.82) is 21.6 Å². The minimum atomic E-state index is 0.338. The van der Waals surface area contributed by atoms with E-state index >= 15 is 0 Å². The van der Waals surface area contributed by atoms with Crippen LogP contribution in [0.5, 0.6) is 0 Å². The highest BCUT2D eigenvalue weighted by Gasteiger charge is 2.13. The van der Waals surface area contributed by atoms with Crippen molar-refractivity contribution in [2.24, 2.45) is 0 Å². The van der Waals surface area contributed by atoms with Gasteiger partial charge in [-0.1, -0.05) is 0 Å². The van der Waals surface area contributed by atoms with E-state index in [-0.39, 0.29) is 0 Å². The van der Waals surface area contributed by atoms with Gasteiger partial charge >= 0.3 is 0 Å². The number of hydrogen-bond donors (Lipinski definition) is 4. The summed E-state index contributed by atoms with van der Waals surface area (Å²) in [6.07, 6.45) is 1.35. The smallest absolute Gasteiger partial charge is 0.0237 e. The molecule has 0 aromatic heterocycles. The Kier molecular flexibility index (Phi) is 2.47. The zero-order chi connectivity index (χ0) is 9.14. The predicted molar refractivity (Wildman–Crippen MR) is 49.4 cm³/mol. The Morgan fingerprint density at radius 3 is 0.833 bits per heavy atom. The molecule has 12 heavy (non-hydrogen) atoms. The molecule has 1 fully saturated rings. The van der Waals surface area contributed by atoms with Crippen LogP contribution >= 0.6 is 0 Å². The average molecular weight is 164 g/mol. The Bertz CT molecular complexity index is 192. The molecule has 0 atom stereocenters. The summed E-state index contributed by atoms with van der Waals surface area (Å²) < 4.78 is 0. The van der Waals surface area contributed by atoms with Crippen LogP contribution in [-0.4, -0.2) is 22.8 Å². The molecule has 64 valence electrons. The molecule has 0 aliphatic heterocycles.